The first-order valence-corrected chi connectivity index (χ1v) is 16.8. The van der Waals surface area contributed by atoms with Gasteiger partial charge in [0.15, 0.2) is 21.5 Å². The topological polar surface area (TPSA) is 139 Å². The fourth-order valence-corrected chi connectivity index (χ4v) is 6.71. The molecule has 0 saturated carbocycles. The molecule has 1 amide bonds. The van der Waals surface area contributed by atoms with E-state index in [0.29, 0.717) is 56.2 Å². The summed E-state index contributed by atoms with van der Waals surface area (Å²) in [5, 5.41) is 9.04. The van der Waals surface area contributed by atoms with Crippen molar-refractivity contribution in [2.75, 3.05) is 58.4 Å². The number of aliphatic hydroxyl groups excluding tert-OH is 1. The van der Waals surface area contributed by atoms with Crippen LogP contribution < -0.4 is 15.6 Å². The smallest absolute Gasteiger partial charge is 0.266 e. The van der Waals surface area contributed by atoms with Gasteiger partial charge >= 0.3 is 0 Å². The lowest BCUT2D eigenvalue weighted by Gasteiger charge is -2.31. The minimum atomic E-state index is -3.74. The molecule has 5 rings (SSSR count). The highest BCUT2D eigenvalue weighted by Gasteiger charge is 2.53. The average molecular weight is 637 g/mol. The van der Waals surface area contributed by atoms with Gasteiger partial charge in [-0.25, -0.2) is 18.8 Å². The third-order valence-electron chi connectivity index (χ3n) is 7.85. The minimum absolute atomic E-state index is 0.0375. The largest absolute Gasteiger partial charge is 0.494 e. The first-order valence-electron chi connectivity index (χ1n) is 15.2. The van der Waals surface area contributed by atoms with E-state index < -0.39 is 27.4 Å². The van der Waals surface area contributed by atoms with Gasteiger partial charge in [0.2, 0.25) is 5.90 Å². The van der Waals surface area contributed by atoms with E-state index >= 15 is 0 Å². The summed E-state index contributed by atoms with van der Waals surface area (Å²) in [6.07, 6.45) is -0.492. The van der Waals surface area contributed by atoms with Crippen LogP contribution in [0.5, 0.6) is 5.75 Å². The molecule has 240 valence electrons. The fourth-order valence-electron chi connectivity index (χ4n) is 5.32. The first kappa shape index (κ1) is 32.6. The van der Waals surface area contributed by atoms with Crippen LogP contribution in [0.15, 0.2) is 94.8 Å². The van der Waals surface area contributed by atoms with E-state index in [2.05, 4.69) is 15.8 Å². The number of nitrogens with one attached hydrogen (secondary N) is 2. The molecule has 2 atom stereocenters. The number of aliphatic imine (C=N–C) groups is 1. The first-order chi connectivity index (χ1) is 21.9. The molecule has 1 fully saturated rings. The second-order valence-electron chi connectivity index (χ2n) is 10.9. The third-order valence-corrected chi connectivity index (χ3v) is 9.58. The summed E-state index contributed by atoms with van der Waals surface area (Å²) in [5.41, 5.74) is 5.57. The second kappa shape index (κ2) is 15.5. The van der Waals surface area contributed by atoms with Crippen molar-refractivity contribution in [3.8, 4) is 5.75 Å². The molecule has 1 saturated heterocycles. The lowest BCUT2D eigenvalue weighted by molar-refractivity contribution is -0.130. The summed E-state index contributed by atoms with van der Waals surface area (Å²) >= 11 is 0. The average Bonchev–Trinajstić information content (AvgIpc) is 3.48. The molecule has 12 heteroatoms. The minimum Gasteiger partial charge on any atom is -0.494 e. The molecule has 2 aliphatic heterocycles. The van der Waals surface area contributed by atoms with Gasteiger partial charge in [0, 0.05) is 51.2 Å². The van der Waals surface area contributed by atoms with E-state index in [9.17, 15) is 13.2 Å². The van der Waals surface area contributed by atoms with Gasteiger partial charge in [-0.1, -0.05) is 48.5 Å². The number of hydrogen-bond acceptors (Lipinski definition) is 10. The number of aliphatic hydroxyl groups is 1. The summed E-state index contributed by atoms with van der Waals surface area (Å²) in [7, 11) is -3.74. The van der Waals surface area contributed by atoms with Crippen LogP contribution in [0, 0.1) is 0 Å². The van der Waals surface area contributed by atoms with Gasteiger partial charge in [-0.05, 0) is 42.0 Å². The molecule has 0 bridgehead atoms. The SMILES string of the molecule is O=C(NNCCN1CCOCC1)[C@@]1(CCS(=O)(=O)c2ccccc2)N=C(c2ccc(OCCCO)cc2)O[C@H]1c1ccccc1. The van der Waals surface area contributed by atoms with Crippen molar-refractivity contribution in [3.05, 3.63) is 96.1 Å². The number of hydrazine groups is 1. The van der Waals surface area contributed by atoms with Crippen LogP contribution in [-0.4, -0.2) is 94.1 Å². The van der Waals surface area contributed by atoms with Crippen molar-refractivity contribution < 1.29 is 32.5 Å². The molecular formula is C33H40N4O7S. The molecular weight excluding hydrogens is 596 g/mol. The van der Waals surface area contributed by atoms with Crippen molar-refractivity contribution in [2.45, 2.75) is 29.4 Å². The zero-order valence-electron chi connectivity index (χ0n) is 25.1. The van der Waals surface area contributed by atoms with Gasteiger partial charge in [-0.2, -0.15) is 0 Å². The number of benzene rings is 3. The van der Waals surface area contributed by atoms with Crippen LogP contribution >= 0.6 is 0 Å². The van der Waals surface area contributed by atoms with Crippen molar-refractivity contribution in [1.82, 2.24) is 15.8 Å². The summed E-state index contributed by atoms with van der Waals surface area (Å²) in [6.45, 7) is 4.59. The summed E-state index contributed by atoms with van der Waals surface area (Å²) < 4.78 is 44.4. The quantitative estimate of drug-likeness (QED) is 0.170. The molecule has 0 aromatic heterocycles. The van der Waals surface area contributed by atoms with E-state index in [-0.39, 0.29) is 29.6 Å². The molecule has 2 aliphatic rings. The van der Waals surface area contributed by atoms with Gasteiger partial charge < -0.3 is 19.3 Å². The van der Waals surface area contributed by atoms with Gasteiger partial charge in [-0.3, -0.25) is 15.1 Å². The Labute approximate surface area is 264 Å². The Morgan fingerprint density at radius 1 is 1.00 bits per heavy atom. The maximum absolute atomic E-state index is 14.2. The number of carbonyl (C=O) groups excluding carboxylic acids is 1. The standard InChI is InChI=1S/C33H40N4O7S/c38-21-7-22-43-28-14-12-27(13-15-28)31-35-33(30(44-31)26-8-3-1-4-9-26,16-25-45(40,41)29-10-5-2-6-11-29)32(39)36-34-17-18-37-19-23-42-24-20-37/h1-6,8-15,30,34,38H,7,16-25H2,(H,36,39)/t30-,33-/m0/s1. The molecule has 3 aromatic rings. The van der Waals surface area contributed by atoms with Gasteiger partial charge in [0.05, 0.1) is 30.5 Å². The highest BCUT2D eigenvalue weighted by molar-refractivity contribution is 7.91. The Bertz CT molecular complexity index is 1520. The molecule has 3 aromatic carbocycles. The van der Waals surface area contributed by atoms with Crippen molar-refractivity contribution in [1.29, 1.82) is 0 Å². The highest BCUT2D eigenvalue weighted by atomic mass is 32.2. The summed E-state index contributed by atoms with van der Waals surface area (Å²) in [6, 6.07) is 24.6. The number of morpholine rings is 1. The van der Waals surface area contributed by atoms with Crippen LogP contribution in [0.4, 0.5) is 0 Å². The molecule has 11 nitrogen and oxygen atoms in total. The van der Waals surface area contributed by atoms with E-state index in [1.165, 1.54) is 0 Å². The Morgan fingerprint density at radius 2 is 1.69 bits per heavy atom. The predicted molar refractivity (Wildman–Crippen MR) is 170 cm³/mol. The van der Waals surface area contributed by atoms with Crippen LogP contribution in [-0.2, 0) is 24.1 Å². The molecule has 45 heavy (non-hydrogen) atoms. The lowest BCUT2D eigenvalue weighted by atomic mass is 9.85. The van der Waals surface area contributed by atoms with Crippen molar-refractivity contribution >= 4 is 21.6 Å². The maximum Gasteiger partial charge on any atom is 0.266 e. The molecule has 3 N–H and O–H groups in total. The zero-order valence-corrected chi connectivity index (χ0v) is 26.0. The molecule has 0 radical (unpaired) electrons. The number of sulfone groups is 1. The number of carbonyl (C=O) groups is 1. The van der Waals surface area contributed by atoms with Crippen molar-refractivity contribution in [3.63, 3.8) is 0 Å². The van der Waals surface area contributed by atoms with Gasteiger partial charge in [-0.15, -0.1) is 0 Å². The number of rotatable bonds is 15. The van der Waals surface area contributed by atoms with Crippen molar-refractivity contribution in [2.24, 2.45) is 4.99 Å². The highest BCUT2D eigenvalue weighted by Crippen LogP contribution is 2.43. The Kier molecular flexibility index (Phi) is 11.2. The number of ether oxygens (including phenoxy) is 3. The van der Waals surface area contributed by atoms with Crippen LogP contribution in [0.3, 0.4) is 0 Å². The Morgan fingerprint density at radius 3 is 2.38 bits per heavy atom. The van der Waals surface area contributed by atoms with E-state index in [1.54, 1.807) is 54.6 Å². The lowest BCUT2D eigenvalue weighted by Crippen LogP contribution is -2.54. The van der Waals surface area contributed by atoms with Gasteiger partial charge in [0.25, 0.3) is 5.91 Å². The van der Waals surface area contributed by atoms with Crippen LogP contribution in [0.25, 0.3) is 0 Å². The van der Waals surface area contributed by atoms with E-state index in [4.69, 9.17) is 24.3 Å². The van der Waals surface area contributed by atoms with Crippen LogP contribution in [0.2, 0.25) is 0 Å². The number of hydrogen-bond donors (Lipinski definition) is 3. The monoisotopic (exact) mass is 636 g/mol. The third kappa shape index (κ3) is 8.27. The number of amides is 1. The normalized spacial score (nSPS) is 20.3. The summed E-state index contributed by atoms with van der Waals surface area (Å²) in [4.78, 5) is 21.5. The maximum atomic E-state index is 14.2. The molecule has 2 heterocycles. The second-order valence-corrected chi connectivity index (χ2v) is 13.0. The Hall–Kier alpha value is -3.81. The fraction of sp³-hybridized carbons (Fsp3) is 0.394. The van der Waals surface area contributed by atoms with Gasteiger partial charge in [0.1, 0.15) is 5.75 Å². The van der Waals surface area contributed by atoms with E-state index in [1.807, 2.05) is 30.3 Å². The Balaban J connectivity index is 1.44. The zero-order chi connectivity index (χ0) is 31.5. The molecule has 0 unspecified atom stereocenters. The molecule has 0 spiro atoms. The van der Waals surface area contributed by atoms with E-state index in [0.717, 1.165) is 13.1 Å². The number of nitrogens with zero attached hydrogens (tertiary/aromatic N) is 2. The predicted octanol–water partition coefficient (Wildman–Crippen LogP) is 2.52. The molecule has 0 aliphatic carbocycles. The van der Waals surface area contributed by atoms with Crippen LogP contribution in [0.1, 0.15) is 30.1 Å². The summed E-state index contributed by atoms with van der Waals surface area (Å²) in [5.74, 6) is 0.0407.